The fourth-order valence-corrected chi connectivity index (χ4v) is 3.15. The van der Waals surface area contributed by atoms with E-state index in [0.29, 0.717) is 6.42 Å². The summed E-state index contributed by atoms with van der Waals surface area (Å²) in [4.78, 5) is 13.3. The second-order valence-corrected chi connectivity index (χ2v) is 7.44. The lowest BCUT2D eigenvalue weighted by Crippen LogP contribution is -3.17. The highest BCUT2D eigenvalue weighted by molar-refractivity contribution is 6.68. The molecule has 1 heterocycles. The second-order valence-electron chi connectivity index (χ2n) is 5.07. The molecule has 0 aliphatic carbocycles. The number of amides is 1. The van der Waals surface area contributed by atoms with Crippen LogP contribution in [0.5, 0.6) is 0 Å². The number of rotatable bonds is 4. The Kier molecular flexibility index (Phi) is 5.56. The first-order chi connectivity index (χ1) is 9.47. The summed E-state index contributed by atoms with van der Waals surface area (Å²) in [6.45, 7) is 1.84. The molecule has 0 bridgehead atoms. The third-order valence-corrected chi connectivity index (χ3v) is 4.15. The summed E-state index contributed by atoms with van der Waals surface area (Å²) >= 11 is 18.1. The van der Waals surface area contributed by atoms with Crippen LogP contribution < -0.4 is 10.2 Å². The van der Waals surface area contributed by atoms with Crippen LogP contribution >= 0.6 is 34.8 Å². The zero-order chi connectivity index (χ0) is 14.6. The van der Waals surface area contributed by atoms with Crippen molar-refractivity contribution < 1.29 is 9.69 Å². The number of alkyl halides is 3. The predicted molar refractivity (Wildman–Crippen MR) is 82.3 cm³/mol. The monoisotopic (exact) mass is 335 g/mol. The van der Waals surface area contributed by atoms with Gasteiger partial charge < -0.3 is 10.2 Å². The summed E-state index contributed by atoms with van der Waals surface area (Å²) in [5.74, 6) is -0.119. The van der Waals surface area contributed by atoms with Crippen LogP contribution in [0.1, 0.15) is 18.4 Å². The first-order valence-electron chi connectivity index (χ1n) is 6.71. The Morgan fingerprint density at radius 1 is 1.20 bits per heavy atom. The normalized spacial score (nSPS) is 17.9. The fraction of sp³-hybridized carbons (Fsp3) is 0.500. The van der Waals surface area contributed by atoms with Crippen molar-refractivity contribution in [3.63, 3.8) is 0 Å². The van der Waals surface area contributed by atoms with Gasteiger partial charge in [0.05, 0.1) is 19.5 Å². The Bertz CT molecular complexity index is 441. The van der Waals surface area contributed by atoms with Crippen molar-refractivity contribution in [2.75, 3.05) is 13.1 Å². The molecule has 0 spiro atoms. The Balaban J connectivity index is 1.98. The molecule has 20 heavy (non-hydrogen) atoms. The minimum absolute atomic E-state index is 0.119. The first kappa shape index (κ1) is 15.9. The van der Waals surface area contributed by atoms with E-state index in [9.17, 15) is 4.79 Å². The number of hydrogen-bond acceptors (Lipinski definition) is 1. The van der Waals surface area contributed by atoms with Crippen LogP contribution in [0.15, 0.2) is 30.3 Å². The van der Waals surface area contributed by atoms with Gasteiger partial charge in [-0.15, -0.1) is 0 Å². The van der Waals surface area contributed by atoms with Crippen molar-refractivity contribution in [1.82, 2.24) is 5.32 Å². The maximum atomic E-state index is 12.1. The first-order valence-corrected chi connectivity index (χ1v) is 7.85. The van der Waals surface area contributed by atoms with E-state index in [0.717, 1.165) is 36.4 Å². The zero-order valence-electron chi connectivity index (χ0n) is 11.0. The van der Waals surface area contributed by atoms with E-state index < -0.39 is 9.96 Å². The molecule has 1 fully saturated rings. The van der Waals surface area contributed by atoms with Gasteiger partial charge in [-0.3, -0.25) is 4.79 Å². The number of nitrogens with one attached hydrogen (secondary N) is 2. The summed E-state index contributed by atoms with van der Waals surface area (Å²) in [6.07, 6.45) is 2.00. The SMILES string of the molecule is O=C(Cc1ccccc1)N[C@H]([NH+]1CCCC1)C(Cl)(Cl)Cl. The number of hydrogen-bond donors (Lipinski definition) is 2. The minimum Gasteiger partial charge on any atom is -0.312 e. The molecule has 1 amide bonds. The van der Waals surface area contributed by atoms with Gasteiger partial charge in [0.25, 0.3) is 3.79 Å². The van der Waals surface area contributed by atoms with Crippen LogP contribution in [0.2, 0.25) is 0 Å². The number of halogens is 3. The molecule has 1 saturated heterocycles. The molecule has 1 atom stereocenters. The molecule has 0 saturated carbocycles. The predicted octanol–water partition coefficient (Wildman–Crippen LogP) is 1.72. The van der Waals surface area contributed by atoms with E-state index in [4.69, 9.17) is 34.8 Å². The van der Waals surface area contributed by atoms with Gasteiger partial charge >= 0.3 is 0 Å². The smallest absolute Gasteiger partial charge is 0.262 e. The highest BCUT2D eigenvalue weighted by Gasteiger charge is 2.43. The summed E-state index contributed by atoms with van der Waals surface area (Å²) in [6, 6.07) is 9.54. The maximum absolute atomic E-state index is 12.1. The zero-order valence-corrected chi connectivity index (χ0v) is 13.3. The van der Waals surface area contributed by atoms with Gasteiger partial charge in [0.1, 0.15) is 0 Å². The van der Waals surface area contributed by atoms with Gasteiger partial charge in [-0.25, -0.2) is 0 Å². The average molecular weight is 337 g/mol. The summed E-state index contributed by atoms with van der Waals surface area (Å²) in [5, 5.41) is 2.88. The summed E-state index contributed by atoms with van der Waals surface area (Å²) < 4.78 is -1.49. The molecular weight excluding hydrogens is 319 g/mol. The van der Waals surface area contributed by atoms with Crippen molar-refractivity contribution in [1.29, 1.82) is 0 Å². The highest BCUT2D eigenvalue weighted by atomic mass is 35.6. The standard InChI is InChI=1S/C14H17Cl3N2O/c15-14(16,17)13(19-8-4-5-9-19)18-12(20)10-11-6-2-1-3-7-11/h1-3,6-7,13H,4-5,8-10H2,(H,18,20)/p+1/t13-/m1/s1. The lowest BCUT2D eigenvalue weighted by atomic mass is 10.1. The number of likely N-dealkylation sites (tertiary alicyclic amines) is 1. The molecule has 6 heteroatoms. The van der Waals surface area contributed by atoms with Crippen LogP contribution in [-0.2, 0) is 11.2 Å². The molecular formula is C14H18Cl3N2O+. The lowest BCUT2D eigenvalue weighted by Gasteiger charge is -2.30. The maximum Gasteiger partial charge on any atom is 0.262 e. The van der Waals surface area contributed by atoms with Gasteiger partial charge in [0.15, 0.2) is 0 Å². The third-order valence-electron chi connectivity index (χ3n) is 3.49. The molecule has 0 unspecified atom stereocenters. The van der Waals surface area contributed by atoms with Crippen molar-refractivity contribution in [3.8, 4) is 0 Å². The number of quaternary nitrogens is 1. The van der Waals surface area contributed by atoms with E-state index in [-0.39, 0.29) is 5.91 Å². The fourth-order valence-electron chi connectivity index (χ4n) is 2.53. The van der Waals surface area contributed by atoms with Crippen LogP contribution in [-0.4, -0.2) is 29.0 Å². The molecule has 1 aliphatic rings. The quantitative estimate of drug-likeness (QED) is 0.807. The molecule has 0 radical (unpaired) electrons. The van der Waals surface area contributed by atoms with Crippen LogP contribution in [0.3, 0.4) is 0 Å². The topological polar surface area (TPSA) is 33.5 Å². The van der Waals surface area contributed by atoms with Gasteiger partial charge in [-0.2, -0.15) is 0 Å². The Hall–Kier alpha value is -0.480. The number of carbonyl (C=O) groups excluding carboxylic acids is 1. The lowest BCUT2D eigenvalue weighted by molar-refractivity contribution is -0.915. The van der Waals surface area contributed by atoms with E-state index in [1.54, 1.807) is 0 Å². The van der Waals surface area contributed by atoms with Gasteiger partial charge in [0, 0.05) is 12.8 Å². The van der Waals surface area contributed by atoms with Gasteiger partial charge in [-0.1, -0.05) is 65.1 Å². The van der Waals surface area contributed by atoms with E-state index >= 15 is 0 Å². The van der Waals surface area contributed by atoms with Crippen LogP contribution in [0, 0.1) is 0 Å². The number of benzene rings is 1. The summed E-state index contributed by atoms with van der Waals surface area (Å²) in [7, 11) is 0. The largest absolute Gasteiger partial charge is 0.312 e. The Labute approximate surface area is 134 Å². The molecule has 1 aromatic rings. The molecule has 2 N–H and O–H groups in total. The number of carbonyl (C=O) groups is 1. The second kappa shape index (κ2) is 6.99. The molecule has 2 rings (SSSR count). The van der Waals surface area contributed by atoms with Gasteiger partial charge in [-0.05, 0) is 5.56 Å². The molecule has 110 valence electrons. The average Bonchev–Trinajstić information content (AvgIpc) is 2.89. The van der Waals surface area contributed by atoms with Crippen molar-refractivity contribution in [2.45, 2.75) is 29.2 Å². The minimum atomic E-state index is -1.49. The summed E-state index contributed by atoms with van der Waals surface area (Å²) in [5.41, 5.74) is 0.949. The third kappa shape index (κ3) is 4.52. The molecule has 1 aliphatic heterocycles. The van der Waals surface area contributed by atoms with Crippen molar-refractivity contribution in [2.24, 2.45) is 0 Å². The van der Waals surface area contributed by atoms with Crippen molar-refractivity contribution >= 4 is 40.7 Å². The highest BCUT2D eigenvalue weighted by Crippen LogP contribution is 2.28. The van der Waals surface area contributed by atoms with E-state index in [2.05, 4.69) is 5.32 Å². The molecule has 1 aromatic carbocycles. The Morgan fingerprint density at radius 2 is 1.80 bits per heavy atom. The molecule has 3 nitrogen and oxygen atoms in total. The van der Waals surface area contributed by atoms with Crippen molar-refractivity contribution in [3.05, 3.63) is 35.9 Å². The van der Waals surface area contributed by atoms with Crippen LogP contribution in [0.25, 0.3) is 0 Å². The van der Waals surface area contributed by atoms with E-state index in [1.807, 2.05) is 30.3 Å². The van der Waals surface area contributed by atoms with Gasteiger partial charge in [0.2, 0.25) is 12.1 Å². The molecule has 0 aromatic heterocycles. The van der Waals surface area contributed by atoms with E-state index in [1.165, 1.54) is 0 Å². The van der Waals surface area contributed by atoms with Crippen LogP contribution in [0.4, 0.5) is 0 Å². The Morgan fingerprint density at radius 3 is 2.35 bits per heavy atom.